The molecule has 0 saturated heterocycles. The van der Waals surface area contributed by atoms with Crippen LogP contribution >= 0.6 is 0 Å². The van der Waals surface area contributed by atoms with Crippen LogP contribution in [0.5, 0.6) is 0 Å². The lowest BCUT2D eigenvalue weighted by Gasteiger charge is -2.09. The Morgan fingerprint density at radius 3 is 2.85 bits per heavy atom. The minimum Gasteiger partial charge on any atom is -0.449 e. The largest absolute Gasteiger partial charge is 0.449 e. The van der Waals surface area contributed by atoms with E-state index in [0.717, 1.165) is 11.1 Å². The lowest BCUT2D eigenvalue weighted by molar-refractivity contribution is 0.147. The Hall–Kier alpha value is -2.30. The zero-order valence-electron chi connectivity index (χ0n) is 11.8. The van der Waals surface area contributed by atoms with E-state index >= 15 is 0 Å². The number of amides is 1. The smallest absolute Gasteiger partial charge is 0.411 e. The zero-order chi connectivity index (χ0) is 14.5. The predicted molar refractivity (Wildman–Crippen MR) is 76.5 cm³/mol. The minimum atomic E-state index is -0.503. The SMILES string of the molecule is Cc1ccccc1-c1nocc1NC(=O)OCC(C)C. The number of hydrogen-bond donors (Lipinski definition) is 1. The van der Waals surface area contributed by atoms with Crippen LogP contribution < -0.4 is 5.32 Å². The molecule has 0 spiro atoms. The van der Waals surface area contributed by atoms with E-state index in [4.69, 9.17) is 9.26 Å². The van der Waals surface area contributed by atoms with Gasteiger partial charge in [0.25, 0.3) is 0 Å². The number of aryl methyl sites for hydroxylation is 1. The molecular formula is C15H18N2O3. The number of nitrogens with zero attached hydrogens (tertiary/aromatic N) is 1. The maximum absolute atomic E-state index is 11.7. The summed E-state index contributed by atoms with van der Waals surface area (Å²) in [6, 6.07) is 7.77. The summed E-state index contributed by atoms with van der Waals surface area (Å²) in [6.07, 6.45) is 0.898. The molecule has 0 aliphatic carbocycles. The van der Waals surface area contributed by atoms with Gasteiger partial charge in [-0.05, 0) is 18.4 Å². The molecule has 1 amide bonds. The molecule has 0 fully saturated rings. The van der Waals surface area contributed by atoms with Crippen LogP contribution in [-0.4, -0.2) is 17.9 Å². The van der Waals surface area contributed by atoms with Gasteiger partial charge in [0.2, 0.25) is 0 Å². The molecule has 0 radical (unpaired) electrons. The van der Waals surface area contributed by atoms with E-state index in [2.05, 4.69) is 10.5 Å². The summed E-state index contributed by atoms with van der Waals surface area (Å²) >= 11 is 0. The number of anilines is 1. The van der Waals surface area contributed by atoms with Gasteiger partial charge in [0.1, 0.15) is 17.6 Å². The van der Waals surface area contributed by atoms with Gasteiger partial charge in [0, 0.05) is 5.56 Å². The Bertz CT molecular complexity index is 590. The summed E-state index contributed by atoms with van der Waals surface area (Å²) in [4.78, 5) is 11.7. The second-order valence-corrected chi connectivity index (χ2v) is 5.01. The van der Waals surface area contributed by atoms with E-state index in [0.29, 0.717) is 23.9 Å². The first-order valence-corrected chi connectivity index (χ1v) is 6.52. The molecule has 2 aromatic rings. The number of ether oxygens (including phenoxy) is 1. The molecule has 0 bridgehead atoms. The number of rotatable bonds is 4. The fourth-order valence-corrected chi connectivity index (χ4v) is 1.75. The average molecular weight is 274 g/mol. The minimum absolute atomic E-state index is 0.291. The number of carbonyl (C=O) groups excluding carboxylic acids is 1. The van der Waals surface area contributed by atoms with Crippen LogP contribution in [0.3, 0.4) is 0 Å². The standard InChI is InChI=1S/C15H18N2O3/c1-10(2)8-19-15(18)16-13-9-20-17-14(13)12-7-5-4-6-11(12)3/h4-7,9-10H,8H2,1-3H3,(H,16,18). The highest BCUT2D eigenvalue weighted by Crippen LogP contribution is 2.28. The molecule has 5 heteroatoms. The topological polar surface area (TPSA) is 64.4 Å². The first kappa shape index (κ1) is 14.1. The van der Waals surface area contributed by atoms with Crippen LogP contribution in [0.25, 0.3) is 11.3 Å². The van der Waals surface area contributed by atoms with E-state index in [9.17, 15) is 4.79 Å². The molecule has 106 valence electrons. The second-order valence-electron chi connectivity index (χ2n) is 5.01. The Morgan fingerprint density at radius 2 is 2.15 bits per heavy atom. The number of nitrogens with one attached hydrogen (secondary N) is 1. The number of aromatic nitrogens is 1. The quantitative estimate of drug-likeness (QED) is 0.919. The van der Waals surface area contributed by atoms with Crippen molar-refractivity contribution in [3.05, 3.63) is 36.1 Å². The first-order chi connectivity index (χ1) is 9.58. The summed E-state index contributed by atoms with van der Waals surface area (Å²) in [5.74, 6) is 0.291. The molecule has 0 aliphatic heterocycles. The highest BCUT2D eigenvalue weighted by atomic mass is 16.5. The van der Waals surface area contributed by atoms with Gasteiger partial charge in [-0.1, -0.05) is 43.3 Å². The van der Waals surface area contributed by atoms with Crippen molar-refractivity contribution in [3.8, 4) is 11.3 Å². The van der Waals surface area contributed by atoms with Crippen molar-refractivity contribution < 1.29 is 14.1 Å². The van der Waals surface area contributed by atoms with Crippen LogP contribution in [0.4, 0.5) is 10.5 Å². The van der Waals surface area contributed by atoms with Gasteiger partial charge in [-0.3, -0.25) is 5.32 Å². The Labute approximate surface area is 117 Å². The molecule has 1 N–H and O–H groups in total. The van der Waals surface area contributed by atoms with Crippen LogP contribution in [0.15, 0.2) is 35.1 Å². The number of carbonyl (C=O) groups is 1. The molecule has 0 saturated carbocycles. The molecule has 1 aromatic carbocycles. The Morgan fingerprint density at radius 1 is 1.40 bits per heavy atom. The van der Waals surface area contributed by atoms with Crippen LogP contribution in [0.2, 0.25) is 0 Å². The fraction of sp³-hybridized carbons (Fsp3) is 0.333. The normalized spacial score (nSPS) is 10.6. The summed E-state index contributed by atoms with van der Waals surface area (Å²) in [5, 5.41) is 6.60. The maximum atomic E-state index is 11.7. The van der Waals surface area contributed by atoms with Crippen molar-refractivity contribution in [3.63, 3.8) is 0 Å². The lowest BCUT2D eigenvalue weighted by Crippen LogP contribution is -2.16. The van der Waals surface area contributed by atoms with Gasteiger partial charge in [0.15, 0.2) is 0 Å². The molecule has 0 unspecified atom stereocenters. The van der Waals surface area contributed by atoms with Crippen molar-refractivity contribution in [2.75, 3.05) is 11.9 Å². The first-order valence-electron chi connectivity index (χ1n) is 6.52. The van der Waals surface area contributed by atoms with Crippen molar-refractivity contribution >= 4 is 11.8 Å². The molecule has 1 heterocycles. The van der Waals surface area contributed by atoms with Gasteiger partial charge in [0.05, 0.1) is 6.61 Å². The van der Waals surface area contributed by atoms with Gasteiger partial charge in [-0.15, -0.1) is 0 Å². The van der Waals surface area contributed by atoms with Crippen molar-refractivity contribution in [1.29, 1.82) is 0 Å². The summed E-state index contributed by atoms with van der Waals surface area (Å²) in [6.45, 7) is 6.30. The van der Waals surface area contributed by atoms with Crippen LogP contribution in [-0.2, 0) is 4.74 Å². The summed E-state index contributed by atoms with van der Waals surface area (Å²) in [7, 11) is 0. The van der Waals surface area contributed by atoms with E-state index in [1.165, 1.54) is 6.26 Å². The third kappa shape index (κ3) is 3.38. The molecule has 0 atom stereocenters. The summed E-state index contributed by atoms with van der Waals surface area (Å²) < 4.78 is 10.0. The van der Waals surface area contributed by atoms with E-state index in [-0.39, 0.29) is 0 Å². The Kier molecular flexibility index (Phi) is 4.40. The van der Waals surface area contributed by atoms with Crippen molar-refractivity contribution in [2.45, 2.75) is 20.8 Å². The number of hydrogen-bond acceptors (Lipinski definition) is 4. The van der Waals surface area contributed by atoms with E-state index in [1.54, 1.807) is 0 Å². The second kappa shape index (κ2) is 6.23. The van der Waals surface area contributed by atoms with E-state index < -0.39 is 6.09 Å². The molecule has 5 nitrogen and oxygen atoms in total. The molecule has 20 heavy (non-hydrogen) atoms. The molecular weight excluding hydrogens is 256 g/mol. The van der Waals surface area contributed by atoms with Crippen LogP contribution in [0, 0.1) is 12.8 Å². The third-order valence-electron chi connectivity index (χ3n) is 2.75. The highest BCUT2D eigenvalue weighted by molar-refractivity contribution is 5.90. The summed E-state index contributed by atoms with van der Waals surface area (Å²) in [5.41, 5.74) is 3.08. The zero-order valence-corrected chi connectivity index (χ0v) is 11.8. The highest BCUT2D eigenvalue weighted by Gasteiger charge is 2.15. The van der Waals surface area contributed by atoms with Gasteiger partial charge < -0.3 is 9.26 Å². The number of benzene rings is 1. The fourth-order valence-electron chi connectivity index (χ4n) is 1.75. The molecule has 2 rings (SSSR count). The van der Waals surface area contributed by atoms with Gasteiger partial charge in [-0.25, -0.2) is 4.79 Å². The van der Waals surface area contributed by atoms with Gasteiger partial charge in [-0.2, -0.15) is 0 Å². The van der Waals surface area contributed by atoms with E-state index in [1.807, 2.05) is 45.0 Å². The average Bonchev–Trinajstić information content (AvgIpc) is 2.85. The van der Waals surface area contributed by atoms with Crippen molar-refractivity contribution in [2.24, 2.45) is 5.92 Å². The maximum Gasteiger partial charge on any atom is 0.411 e. The molecule has 0 aliphatic rings. The third-order valence-corrected chi connectivity index (χ3v) is 2.75. The van der Waals surface area contributed by atoms with Crippen LogP contribution in [0.1, 0.15) is 19.4 Å². The lowest BCUT2D eigenvalue weighted by atomic mass is 10.1. The Balaban J connectivity index is 2.13. The van der Waals surface area contributed by atoms with Gasteiger partial charge >= 0.3 is 6.09 Å². The molecule has 1 aromatic heterocycles. The predicted octanol–water partition coefficient (Wildman–Crippen LogP) is 3.85. The monoisotopic (exact) mass is 274 g/mol. The van der Waals surface area contributed by atoms with Crippen molar-refractivity contribution in [1.82, 2.24) is 5.16 Å².